The summed E-state index contributed by atoms with van der Waals surface area (Å²) in [5.41, 5.74) is 2.33. The van der Waals surface area contributed by atoms with Crippen LogP contribution in [0.5, 0.6) is 11.5 Å². The van der Waals surface area contributed by atoms with E-state index in [1.54, 1.807) is 13.2 Å². The topological polar surface area (TPSA) is 58.4 Å². The van der Waals surface area contributed by atoms with Crippen molar-refractivity contribution in [2.24, 2.45) is 0 Å². The summed E-state index contributed by atoms with van der Waals surface area (Å²) in [7, 11) is 1.62. The maximum atomic E-state index is 14.0. The third-order valence-electron chi connectivity index (χ3n) is 4.48. The second kappa shape index (κ2) is 8.67. The monoisotopic (exact) mass is 413 g/mol. The zero-order chi connectivity index (χ0) is 20.2. The van der Waals surface area contributed by atoms with Crippen molar-refractivity contribution in [3.05, 3.63) is 66.0 Å². The third kappa shape index (κ3) is 3.99. The summed E-state index contributed by atoms with van der Waals surface area (Å²) in [6.07, 6.45) is 1.79. The molecule has 2 aromatic carbocycles. The first kappa shape index (κ1) is 19.5. The Balaban J connectivity index is 1.64. The van der Waals surface area contributed by atoms with Gasteiger partial charge in [0.2, 0.25) is 0 Å². The van der Waals surface area contributed by atoms with Gasteiger partial charge in [-0.05, 0) is 24.3 Å². The van der Waals surface area contributed by atoms with E-state index in [4.69, 9.17) is 14.2 Å². The zero-order valence-electron chi connectivity index (χ0n) is 15.9. The van der Waals surface area contributed by atoms with E-state index in [1.165, 1.54) is 23.9 Å². The number of halogens is 1. The summed E-state index contributed by atoms with van der Waals surface area (Å²) in [4.78, 5) is 0. The molecular weight excluding hydrogens is 393 g/mol. The molecule has 150 valence electrons. The highest BCUT2D eigenvalue weighted by molar-refractivity contribution is 7.98. The van der Waals surface area contributed by atoms with Gasteiger partial charge in [-0.1, -0.05) is 30.0 Å². The van der Waals surface area contributed by atoms with E-state index in [-0.39, 0.29) is 12.6 Å². The first-order chi connectivity index (χ1) is 14.2. The van der Waals surface area contributed by atoms with Gasteiger partial charge in [0.05, 0.1) is 19.3 Å². The van der Waals surface area contributed by atoms with Gasteiger partial charge in [0.25, 0.3) is 0 Å². The standard InChI is InChI=1S/C21H20FN3O3S/c1-3-8-25-20(17-6-4-5-7-18(17)26-2)23-24-21(25)29-12-15-10-16(22)9-14-11-27-13-28-19(14)15/h3-7,9-10H,1,8,11-13H2,2H3. The molecule has 6 nitrogen and oxygen atoms in total. The number of ether oxygens (including phenoxy) is 3. The highest BCUT2D eigenvalue weighted by atomic mass is 32.2. The second-order valence-electron chi connectivity index (χ2n) is 6.36. The van der Waals surface area contributed by atoms with E-state index in [0.29, 0.717) is 41.2 Å². The van der Waals surface area contributed by atoms with Crippen LogP contribution in [-0.4, -0.2) is 28.7 Å². The summed E-state index contributed by atoms with van der Waals surface area (Å²) in [5, 5.41) is 9.42. The van der Waals surface area contributed by atoms with Gasteiger partial charge in [-0.25, -0.2) is 4.39 Å². The smallest absolute Gasteiger partial charge is 0.192 e. The van der Waals surface area contributed by atoms with Crippen LogP contribution in [0.4, 0.5) is 4.39 Å². The van der Waals surface area contributed by atoms with Crippen LogP contribution in [0.25, 0.3) is 11.4 Å². The molecule has 0 bridgehead atoms. The van der Waals surface area contributed by atoms with E-state index >= 15 is 0 Å². The number of benzene rings is 2. The number of rotatable bonds is 7. The molecule has 0 amide bonds. The van der Waals surface area contributed by atoms with Crippen LogP contribution in [0.3, 0.4) is 0 Å². The molecule has 3 aromatic rings. The van der Waals surface area contributed by atoms with Gasteiger partial charge in [0.15, 0.2) is 17.8 Å². The van der Waals surface area contributed by atoms with Crippen molar-refractivity contribution < 1.29 is 18.6 Å². The van der Waals surface area contributed by atoms with Gasteiger partial charge < -0.3 is 14.2 Å². The molecule has 2 heterocycles. The third-order valence-corrected chi connectivity index (χ3v) is 5.50. The fraction of sp³-hybridized carbons (Fsp3) is 0.238. The summed E-state index contributed by atoms with van der Waals surface area (Å²) in [6, 6.07) is 10.6. The fourth-order valence-electron chi connectivity index (χ4n) is 3.22. The van der Waals surface area contributed by atoms with E-state index in [2.05, 4.69) is 16.8 Å². The van der Waals surface area contributed by atoms with Crippen LogP contribution in [0.1, 0.15) is 11.1 Å². The number of hydrogen-bond donors (Lipinski definition) is 0. The second-order valence-corrected chi connectivity index (χ2v) is 7.30. The largest absolute Gasteiger partial charge is 0.496 e. The Bertz CT molecular complexity index is 1040. The summed E-state index contributed by atoms with van der Waals surface area (Å²) in [6.45, 7) is 4.89. The molecule has 0 N–H and O–H groups in total. The Morgan fingerprint density at radius 1 is 1.31 bits per heavy atom. The first-order valence-corrected chi connectivity index (χ1v) is 10.0. The predicted octanol–water partition coefficient (Wildman–Crippen LogP) is 4.44. The number of thioether (sulfide) groups is 1. The lowest BCUT2D eigenvalue weighted by Gasteiger charge is -2.20. The van der Waals surface area contributed by atoms with Gasteiger partial charge in [-0.2, -0.15) is 0 Å². The number of methoxy groups -OCH3 is 1. The molecule has 0 fully saturated rings. The molecular formula is C21H20FN3O3S. The van der Waals surface area contributed by atoms with E-state index in [1.807, 2.05) is 28.8 Å². The molecule has 4 rings (SSSR count). The number of fused-ring (bicyclic) bond motifs is 1. The molecule has 0 aliphatic carbocycles. The highest BCUT2D eigenvalue weighted by Gasteiger charge is 2.20. The molecule has 1 aromatic heterocycles. The van der Waals surface area contributed by atoms with Crippen LogP contribution in [0.15, 0.2) is 54.2 Å². The van der Waals surface area contributed by atoms with Crippen molar-refractivity contribution in [3.8, 4) is 22.9 Å². The van der Waals surface area contributed by atoms with Crippen LogP contribution < -0.4 is 9.47 Å². The minimum atomic E-state index is -0.310. The summed E-state index contributed by atoms with van der Waals surface area (Å²) in [5.74, 6) is 2.27. The Hall–Kier alpha value is -2.84. The Kier molecular flexibility index (Phi) is 5.82. The average Bonchev–Trinajstić information content (AvgIpc) is 3.14. The maximum absolute atomic E-state index is 14.0. The van der Waals surface area contributed by atoms with Crippen molar-refractivity contribution in [3.63, 3.8) is 0 Å². The van der Waals surface area contributed by atoms with Crippen LogP contribution in [0, 0.1) is 5.82 Å². The Morgan fingerprint density at radius 2 is 2.17 bits per heavy atom. The summed E-state index contributed by atoms with van der Waals surface area (Å²) >= 11 is 1.46. The molecule has 0 radical (unpaired) electrons. The molecule has 8 heteroatoms. The van der Waals surface area contributed by atoms with Crippen molar-refractivity contribution in [2.45, 2.75) is 24.1 Å². The zero-order valence-corrected chi connectivity index (χ0v) is 16.7. The Morgan fingerprint density at radius 3 is 3.00 bits per heavy atom. The number of para-hydroxylation sites is 1. The van der Waals surface area contributed by atoms with Gasteiger partial charge >= 0.3 is 0 Å². The lowest BCUT2D eigenvalue weighted by molar-refractivity contribution is -0.0171. The number of nitrogens with zero attached hydrogens (tertiary/aromatic N) is 3. The maximum Gasteiger partial charge on any atom is 0.192 e. The SMILES string of the molecule is C=CCn1c(SCc2cc(F)cc3c2OCOC3)nnc1-c1ccccc1OC. The van der Waals surface area contributed by atoms with Crippen LogP contribution >= 0.6 is 11.8 Å². The highest BCUT2D eigenvalue weighted by Crippen LogP contribution is 2.35. The molecule has 1 aliphatic rings. The number of hydrogen-bond acceptors (Lipinski definition) is 6. The lowest BCUT2D eigenvalue weighted by Crippen LogP contribution is -2.13. The molecule has 0 saturated heterocycles. The molecule has 0 spiro atoms. The normalized spacial score (nSPS) is 12.9. The number of aromatic nitrogens is 3. The van der Waals surface area contributed by atoms with E-state index in [0.717, 1.165) is 16.9 Å². The van der Waals surface area contributed by atoms with E-state index < -0.39 is 0 Å². The van der Waals surface area contributed by atoms with Crippen molar-refractivity contribution in [2.75, 3.05) is 13.9 Å². The van der Waals surface area contributed by atoms with Crippen molar-refractivity contribution >= 4 is 11.8 Å². The quantitative estimate of drug-likeness (QED) is 0.422. The van der Waals surface area contributed by atoms with Crippen molar-refractivity contribution in [1.29, 1.82) is 0 Å². The van der Waals surface area contributed by atoms with E-state index in [9.17, 15) is 4.39 Å². The first-order valence-electron chi connectivity index (χ1n) is 9.03. The average molecular weight is 413 g/mol. The number of allylic oxidation sites excluding steroid dienone is 1. The fourth-order valence-corrected chi connectivity index (χ4v) is 4.14. The molecule has 0 saturated carbocycles. The minimum absolute atomic E-state index is 0.168. The van der Waals surface area contributed by atoms with Gasteiger partial charge in [0, 0.05) is 23.4 Å². The molecule has 1 aliphatic heterocycles. The summed E-state index contributed by atoms with van der Waals surface area (Å²) < 4.78 is 32.3. The Labute approximate surface area is 172 Å². The van der Waals surface area contributed by atoms with Gasteiger partial charge in [-0.3, -0.25) is 4.57 Å². The molecule has 0 atom stereocenters. The van der Waals surface area contributed by atoms with Gasteiger partial charge in [-0.15, -0.1) is 16.8 Å². The van der Waals surface area contributed by atoms with Gasteiger partial charge in [0.1, 0.15) is 17.3 Å². The molecule has 29 heavy (non-hydrogen) atoms. The minimum Gasteiger partial charge on any atom is -0.496 e. The van der Waals surface area contributed by atoms with Crippen LogP contribution in [0.2, 0.25) is 0 Å². The van der Waals surface area contributed by atoms with Crippen LogP contribution in [-0.2, 0) is 23.6 Å². The molecule has 0 unspecified atom stereocenters. The van der Waals surface area contributed by atoms with Crippen molar-refractivity contribution in [1.82, 2.24) is 14.8 Å². The predicted molar refractivity (Wildman–Crippen MR) is 108 cm³/mol. The lowest BCUT2D eigenvalue weighted by atomic mass is 10.1.